The molecule has 0 aliphatic rings. The van der Waals surface area contributed by atoms with E-state index in [4.69, 9.17) is 0 Å². The number of aromatic nitrogens is 2. The third kappa shape index (κ3) is 5.26. The fourth-order valence-electron chi connectivity index (χ4n) is 3.30. The highest BCUT2D eigenvalue weighted by Crippen LogP contribution is 2.24. The van der Waals surface area contributed by atoms with Crippen molar-refractivity contribution in [2.24, 2.45) is 0 Å². The summed E-state index contributed by atoms with van der Waals surface area (Å²) in [5.74, 6) is -0.180. The van der Waals surface area contributed by atoms with E-state index in [2.05, 4.69) is 27.4 Å². The van der Waals surface area contributed by atoms with Crippen LogP contribution in [0.25, 0.3) is 11.1 Å². The van der Waals surface area contributed by atoms with E-state index in [1.54, 1.807) is 24.5 Å². The van der Waals surface area contributed by atoms with Crippen LogP contribution in [0.3, 0.4) is 0 Å². The quantitative estimate of drug-likeness (QED) is 0.415. The molecule has 0 unspecified atom stereocenters. The average Bonchev–Trinajstić information content (AvgIpc) is 3.11. The van der Waals surface area contributed by atoms with Gasteiger partial charge in [-0.1, -0.05) is 59.9 Å². The molecule has 3 N–H and O–H groups in total. The fourth-order valence-corrected chi connectivity index (χ4v) is 4.06. The van der Waals surface area contributed by atoms with Crippen molar-refractivity contribution in [1.29, 1.82) is 0 Å². The SMILES string of the molecule is O=C(NCCc1cccc(-c2ccc(Cc3sc(=O)[nH]c3O)cc2)c1)c1cccnc1. The van der Waals surface area contributed by atoms with Gasteiger partial charge in [-0.3, -0.25) is 19.6 Å². The Morgan fingerprint density at radius 3 is 2.58 bits per heavy atom. The molecule has 156 valence electrons. The first kappa shape index (κ1) is 20.6. The first-order chi connectivity index (χ1) is 15.1. The Kier molecular flexibility index (Phi) is 6.24. The van der Waals surface area contributed by atoms with Gasteiger partial charge in [-0.05, 0) is 40.8 Å². The molecule has 0 spiro atoms. The van der Waals surface area contributed by atoms with E-state index >= 15 is 0 Å². The highest BCUT2D eigenvalue weighted by Gasteiger charge is 2.08. The van der Waals surface area contributed by atoms with Crippen LogP contribution < -0.4 is 10.2 Å². The van der Waals surface area contributed by atoms with E-state index in [9.17, 15) is 14.7 Å². The van der Waals surface area contributed by atoms with E-state index in [0.29, 0.717) is 23.4 Å². The first-order valence-corrected chi connectivity index (χ1v) is 10.7. The van der Waals surface area contributed by atoms with Crippen LogP contribution in [0.2, 0.25) is 0 Å². The zero-order valence-electron chi connectivity index (χ0n) is 16.7. The minimum absolute atomic E-state index is 0.0533. The molecule has 0 bridgehead atoms. The number of rotatable bonds is 7. The van der Waals surface area contributed by atoms with E-state index < -0.39 is 0 Å². The number of nitrogens with zero attached hydrogens (tertiary/aromatic N) is 1. The standard InChI is InChI=1S/C24H21N3O3S/c28-22(20-5-2-11-25-15-20)26-12-10-16-3-1-4-19(13-16)18-8-6-17(7-9-18)14-21-23(29)27-24(30)31-21/h1-9,11,13,15,29H,10,12,14H2,(H,26,28)(H,27,30). The van der Waals surface area contributed by atoms with Gasteiger partial charge < -0.3 is 10.4 Å². The molecule has 1 amide bonds. The van der Waals surface area contributed by atoms with Crippen molar-refractivity contribution < 1.29 is 9.90 Å². The second kappa shape index (κ2) is 9.40. The number of aromatic amines is 1. The minimum atomic E-state index is -0.252. The molecular formula is C24H21N3O3S. The monoisotopic (exact) mass is 431 g/mol. The Morgan fingerprint density at radius 2 is 1.87 bits per heavy atom. The predicted molar refractivity (Wildman–Crippen MR) is 122 cm³/mol. The Labute approximate surface area is 183 Å². The lowest BCUT2D eigenvalue weighted by atomic mass is 10.00. The second-order valence-corrected chi connectivity index (χ2v) is 8.18. The molecule has 6 nitrogen and oxygen atoms in total. The van der Waals surface area contributed by atoms with Crippen LogP contribution in [-0.2, 0) is 12.8 Å². The number of carbonyl (C=O) groups excluding carboxylic acids is 1. The number of H-pyrrole nitrogens is 1. The molecule has 0 saturated heterocycles. The number of amides is 1. The van der Waals surface area contributed by atoms with Gasteiger partial charge in [0.25, 0.3) is 5.91 Å². The smallest absolute Gasteiger partial charge is 0.307 e. The molecule has 7 heteroatoms. The van der Waals surface area contributed by atoms with Gasteiger partial charge in [0.15, 0.2) is 0 Å². The molecule has 0 aliphatic carbocycles. The molecule has 2 aromatic carbocycles. The summed E-state index contributed by atoms with van der Waals surface area (Å²) in [7, 11) is 0. The fraction of sp³-hybridized carbons (Fsp3) is 0.125. The van der Waals surface area contributed by atoms with Crippen LogP contribution in [0.1, 0.15) is 26.4 Å². The van der Waals surface area contributed by atoms with Gasteiger partial charge >= 0.3 is 4.87 Å². The number of benzene rings is 2. The van der Waals surface area contributed by atoms with Crippen LogP contribution in [0.15, 0.2) is 77.9 Å². The van der Waals surface area contributed by atoms with Crippen LogP contribution >= 0.6 is 11.3 Å². The van der Waals surface area contributed by atoms with E-state index in [1.165, 1.54) is 0 Å². The molecule has 2 heterocycles. The summed E-state index contributed by atoms with van der Waals surface area (Å²) in [4.78, 5) is 30.2. The Hall–Kier alpha value is -3.71. The zero-order valence-corrected chi connectivity index (χ0v) is 17.5. The maximum absolute atomic E-state index is 12.1. The molecule has 0 aliphatic heterocycles. The third-order valence-electron chi connectivity index (χ3n) is 4.90. The number of aromatic hydroxyl groups is 1. The van der Waals surface area contributed by atoms with Gasteiger partial charge in [-0.25, -0.2) is 0 Å². The van der Waals surface area contributed by atoms with E-state index in [0.717, 1.165) is 40.0 Å². The Balaban J connectivity index is 1.38. The number of hydrogen-bond acceptors (Lipinski definition) is 5. The maximum atomic E-state index is 12.1. The summed E-state index contributed by atoms with van der Waals surface area (Å²) in [6.45, 7) is 0.541. The van der Waals surface area contributed by atoms with Crippen molar-refractivity contribution in [2.45, 2.75) is 12.8 Å². The van der Waals surface area contributed by atoms with E-state index in [1.807, 2.05) is 36.4 Å². The van der Waals surface area contributed by atoms with Crippen LogP contribution in [0.5, 0.6) is 5.88 Å². The number of pyridine rings is 1. The molecule has 0 saturated carbocycles. The third-order valence-corrected chi connectivity index (χ3v) is 5.77. The number of nitrogens with one attached hydrogen (secondary N) is 2. The summed E-state index contributed by atoms with van der Waals surface area (Å²) in [6.07, 6.45) is 4.43. The topological polar surface area (TPSA) is 95.1 Å². The Bertz CT molecular complexity index is 1230. The highest BCUT2D eigenvalue weighted by atomic mass is 32.1. The van der Waals surface area contributed by atoms with Crippen molar-refractivity contribution in [2.75, 3.05) is 6.54 Å². The van der Waals surface area contributed by atoms with Gasteiger partial charge in [0, 0.05) is 25.4 Å². The summed E-state index contributed by atoms with van der Waals surface area (Å²) in [5.41, 5.74) is 4.88. The second-order valence-electron chi connectivity index (χ2n) is 7.11. The van der Waals surface area contributed by atoms with Crippen molar-refractivity contribution in [3.8, 4) is 17.0 Å². The van der Waals surface area contributed by atoms with Gasteiger partial charge in [0.05, 0.1) is 10.4 Å². The lowest BCUT2D eigenvalue weighted by molar-refractivity contribution is 0.0954. The van der Waals surface area contributed by atoms with Crippen LogP contribution in [-0.4, -0.2) is 27.5 Å². The number of hydrogen-bond donors (Lipinski definition) is 3. The van der Waals surface area contributed by atoms with Crippen molar-refractivity contribution in [3.05, 3.63) is 104 Å². The normalized spacial score (nSPS) is 10.7. The zero-order chi connectivity index (χ0) is 21.6. The summed E-state index contributed by atoms with van der Waals surface area (Å²) in [6, 6.07) is 19.8. The average molecular weight is 432 g/mol. The minimum Gasteiger partial charge on any atom is -0.494 e. The largest absolute Gasteiger partial charge is 0.494 e. The molecule has 4 rings (SSSR count). The molecule has 31 heavy (non-hydrogen) atoms. The summed E-state index contributed by atoms with van der Waals surface area (Å²) in [5, 5.41) is 12.7. The van der Waals surface area contributed by atoms with Crippen LogP contribution in [0, 0.1) is 0 Å². The molecule has 0 radical (unpaired) electrons. The predicted octanol–water partition coefficient (Wildman–Crippen LogP) is 3.77. The molecule has 0 atom stereocenters. The number of thiazole rings is 1. The first-order valence-electron chi connectivity index (χ1n) is 9.86. The van der Waals surface area contributed by atoms with Crippen LogP contribution in [0.4, 0.5) is 0 Å². The molecule has 4 aromatic rings. The lowest BCUT2D eigenvalue weighted by Crippen LogP contribution is -2.25. The lowest BCUT2D eigenvalue weighted by Gasteiger charge is -2.08. The van der Waals surface area contributed by atoms with Gasteiger partial charge in [-0.15, -0.1) is 0 Å². The molecule has 2 aromatic heterocycles. The number of carbonyl (C=O) groups is 1. The summed E-state index contributed by atoms with van der Waals surface area (Å²) < 4.78 is 0. The molecular weight excluding hydrogens is 410 g/mol. The van der Waals surface area contributed by atoms with Crippen molar-refractivity contribution >= 4 is 17.2 Å². The molecule has 0 fully saturated rings. The summed E-state index contributed by atoms with van der Waals surface area (Å²) >= 11 is 1.03. The van der Waals surface area contributed by atoms with Gasteiger partial charge in [-0.2, -0.15) is 0 Å². The maximum Gasteiger partial charge on any atom is 0.307 e. The highest BCUT2D eigenvalue weighted by molar-refractivity contribution is 7.09. The van der Waals surface area contributed by atoms with E-state index in [-0.39, 0.29) is 16.7 Å². The van der Waals surface area contributed by atoms with Gasteiger partial charge in [0.1, 0.15) is 0 Å². The van der Waals surface area contributed by atoms with Gasteiger partial charge in [0.2, 0.25) is 5.88 Å². The van der Waals surface area contributed by atoms with Crippen molar-refractivity contribution in [1.82, 2.24) is 15.3 Å². The Morgan fingerprint density at radius 1 is 1.03 bits per heavy atom. The van der Waals surface area contributed by atoms with Crippen molar-refractivity contribution in [3.63, 3.8) is 0 Å².